The largest absolute Gasteiger partial charge is 0.272 e. The summed E-state index contributed by atoms with van der Waals surface area (Å²) in [6.07, 6.45) is 4.70. The summed E-state index contributed by atoms with van der Waals surface area (Å²) in [5.74, 6) is 0.764. The van der Waals surface area contributed by atoms with Crippen molar-refractivity contribution in [2.75, 3.05) is 5.01 Å². The Kier molecular flexibility index (Phi) is 2.02. The number of carbonyl (C=O) groups excluding carboxylic acids is 1. The molecule has 16 heavy (non-hydrogen) atoms. The quantitative estimate of drug-likeness (QED) is 0.718. The van der Waals surface area contributed by atoms with Crippen molar-refractivity contribution in [2.24, 2.45) is 11.0 Å². The summed E-state index contributed by atoms with van der Waals surface area (Å²) in [5, 5.41) is 5.84. The molecule has 0 radical (unpaired) electrons. The van der Waals surface area contributed by atoms with Gasteiger partial charge in [0.25, 0.3) is 5.91 Å². The van der Waals surface area contributed by atoms with Crippen LogP contribution in [0.15, 0.2) is 23.4 Å². The minimum Gasteiger partial charge on any atom is -0.272 e. The molecule has 0 bridgehead atoms. The highest BCUT2D eigenvalue weighted by Crippen LogP contribution is 2.32. The molecule has 2 heterocycles. The molecule has 0 N–H and O–H groups in total. The Morgan fingerprint density at radius 1 is 1.50 bits per heavy atom. The average molecular weight is 215 g/mol. The Morgan fingerprint density at radius 2 is 2.38 bits per heavy atom. The van der Waals surface area contributed by atoms with E-state index in [9.17, 15) is 4.79 Å². The Hall–Kier alpha value is -1.71. The number of anilines is 1. The lowest BCUT2D eigenvalue weighted by Crippen LogP contribution is -2.26. The summed E-state index contributed by atoms with van der Waals surface area (Å²) in [5.41, 5.74) is 2.13. The van der Waals surface area contributed by atoms with Gasteiger partial charge in [0.15, 0.2) is 5.82 Å². The number of aryl methyl sites for hydroxylation is 1. The van der Waals surface area contributed by atoms with Crippen molar-refractivity contribution in [3.63, 3.8) is 0 Å². The summed E-state index contributed by atoms with van der Waals surface area (Å²) in [6, 6.07) is 3.81. The first-order valence-electron chi connectivity index (χ1n) is 5.60. The fourth-order valence-electron chi connectivity index (χ4n) is 2.34. The highest BCUT2D eigenvalue weighted by Gasteiger charge is 2.39. The first-order valence-corrected chi connectivity index (χ1v) is 5.60. The van der Waals surface area contributed by atoms with Gasteiger partial charge in [0, 0.05) is 6.20 Å². The van der Waals surface area contributed by atoms with Gasteiger partial charge < -0.3 is 0 Å². The lowest BCUT2D eigenvalue weighted by molar-refractivity contribution is -0.119. The maximum atomic E-state index is 12.1. The molecule has 0 aromatic carbocycles. The predicted molar refractivity (Wildman–Crippen MR) is 61.2 cm³/mol. The van der Waals surface area contributed by atoms with Crippen LogP contribution in [0.5, 0.6) is 0 Å². The van der Waals surface area contributed by atoms with Crippen LogP contribution in [0.4, 0.5) is 5.82 Å². The van der Waals surface area contributed by atoms with E-state index < -0.39 is 0 Å². The molecule has 1 saturated carbocycles. The van der Waals surface area contributed by atoms with E-state index in [2.05, 4.69) is 10.1 Å². The molecule has 4 heteroatoms. The zero-order valence-electron chi connectivity index (χ0n) is 9.18. The third kappa shape index (κ3) is 1.33. The zero-order valence-corrected chi connectivity index (χ0v) is 9.18. The molecule has 3 rings (SSSR count). The molecule has 0 spiro atoms. The minimum absolute atomic E-state index is 0.0299. The Bertz CT molecular complexity index is 481. The lowest BCUT2D eigenvalue weighted by atomic mass is 10.1. The normalized spacial score (nSPS) is 23.6. The number of hydrogen-bond donors (Lipinski definition) is 0. The number of pyridine rings is 1. The molecule has 1 unspecified atom stereocenters. The van der Waals surface area contributed by atoms with Gasteiger partial charge in [-0.25, -0.2) is 4.98 Å². The standard InChI is InChI=1S/C12H13N3O/c1-8-5-6-13-11(7-8)15-12(16)9-3-2-4-10(9)14-15/h5-7,9H,2-4H2,1H3. The van der Waals surface area contributed by atoms with Crippen LogP contribution in [-0.4, -0.2) is 16.6 Å². The number of hydrogen-bond acceptors (Lipinski definition) is 3. The second kappa shape index (κ2) is 3.40. The van der Waals surface area contributed by atoms with Crippen molar-refractivity contribution >= 4 is 17.4 Å². The van der Waals surface area contributed by atoms with E-state index in [0.29, 0.717) is 5.82 Å². The van der Waals surface area contributed by atoms with E-state index in [1.165, 1.54) is 5.01 Å². The van der Waals surface area contributed by atoms with Crippen molar-refractivity contribution in [2.45, 2.75) is 26.2 Å². The van der Waals surface area contributed by atoms with Crippen molar-refractivity contribution in [1.29, 1.82) is 0 Å². The summed E-state index contributed by atoms with van der Waals surface area (Å²) in [6.45, 7) is 1.99. The molecule has 82 valence electrons. The fraction of sp³-hybridized carbons (Fsp3) is 0.417. The molecule has 4 nitrogen and oxygen atoms in total. The van der Waals surface area contributed by atoms with Crippen LogP contribution in [0, 0.1) is 12.8 Å². The molecular formula is C12H13N3O. The van der Waals surface area contributed by atoms with Gasteiger partial charge in [-0.1, -0.05) is 0 Å². The average Bonchev–Trinajstić information content (AvgIpc) is 2.82. The first kappa shape index (κ1) is 9.51. The number of rotatable bonds is 1. The van der Waals surface area contributed by atoms with Gasteiger partial charge in [0.05, 0.1) is 11.6 Å². The van der Waals surface area contributed by atoms with Crippen molar-refractivity contribution < 1.29 is 4.79 Å². The van der Waals surface area contributed by atoms with Gasteiger partial charge in [-0.3, -0.25) is 4.79 Å². The van der Waals surface area contributed by atoms with Crippen LogP contribution in [-0.2, 0) is 4.79 Å². The third-order valence-corrected chi connectivity index (χ3v) is 3.18. The number of aromatic nitrogens is 1. The van der Waals surface area contributed by atoms with Crippen LogP contribution < -0.4 is 5.01 Å². The summed E-state index contributed by atoms with van der Waals surface area (Å²) >= 11 is 0. The molecule has 1 fully saturated rings. The topological polar surface area (TPSA) is 45.6 Å². The van der Waals surface area contributed by atoms with E-state index in [-0.39, 0.29) is 11.8 Å². The van der Waals surface area contributed by atoms with Crippen LogP contribution in [0.25, 0.3) is 0 Å². The van der Waals surface area contributed by atoms with Crippen LogP contribution in [0.2, 0.25) is 0 Å². The number of carbonyl (C=O) groups is 1. The summed E-state index contributed by atoms with van der Waals surface area (Å²) in [4.78, 5) is 16.3. The fourth-order valence-corrected chi connectivity index (χ4v) is 2.34. The minimum atomic E-state index is 0.0299. The predicted octanol–water partition coefficient (Wildman–Crippen LogP) is 1.89. The second-order valence-electron chi connectivity index (χ2n) is 4.38. The number of fused-ring (bicyclic) bond motifs is 1. The summed E-state index contributed by atoms with van der Waals surface area (Å²) in [7, 11) is 0. The van der Waals surface area contributed by atoms with Crippen LogP contribution >= 0.6 is 0 Å². The molecule has 1 atom stereocenters. The molecular weight excluding hydrogens is 202 g/mol. The molecule has 2 aliphatic rings. The van der Waals surface area contributed by atoms with E-state index in [1.54, 1.807) is 6.20 Å². The van der Waals surface area contributed by atoms with Crippen molar-refractivity contribution in [3.05, 3.63) is 23.9 Å². The highest BCUT2D eigenvalue weighted by molar-refractivity contribution is 6.16. The lowest BCUT2D eigenvalue weighted by Gasteiger charge is -2.12. The third-order valence-electron chi connectivity index (χ3n) is 3.18. The highest BCUT2D eigenvalue weighted by atomic mass is 16.2. The van der Waals surface area contributed by atoms with E-state index >= 15 is 0 Å². The maximum absolute atomic E-state index is 12.1. The molecule has 0 saturated heterocycles. The maximum Gasteiger partial charge on any atom is 0.257 e. The van der Waals surface area contributed by atoms with E-state index in [4.69, 9.17) is 0 Å². The van der Waals surface area contributed by atoms with Gasteiger partial charge in [-0.2, -0.15) is 10.1 Å². The van der Waals surface area contributed by atoms with Gasteiger partial charge in [-0.15, -0.1) is 0 Å². The molecule has 1 aliphatic carbocycles. The molecule has 1 amide bonds. The molecule has 1 aliphatic heterocycles. The Morgan fingerprint density at radius 3 is 3.12 bits per heavy atom. The van der Waals surface area contributed by atoms with Crippen molar-refractivity contribution in [3.8, 4) is 0 Å². The first-order chi connectivity index (χ1) is 7.75. The molecule has 1 aromatic rings. The zero-order chi connectivity index (χ0) is 11.1. The van der Waals surface area contributed by atoms with Gasteiger partial charge in [0.1, 0.15) is 0 Å². The summed E-state index contributed by atoms with van der Waals surface area (Å²) < 4.78 is 0. The number of amides is 1. The van der Waals surface area contributed by atoms with Crippen LogP contribution in [0.3, 0.4) is 0 Å². The van der Waals surface area contributed by atoms with Gasteiger partial charge >= 0.3 is 0 Å². The Labute approximate surface area is 94.0 Å². The van der Waals surface area contributed by atoms with E-state index in [1.807, 2.05) is 19.1 Å². The Balaban J connectivity index is 1.97. The number of nitrogens with zero attached hydrogens (tertiary/aromatic N) is 3. The van der Waals surface area contributed by atoms with Gasteiger partial charge in [0.2, 0.25) is 0 Å². The number of hydrazone groups is 1. The van der Waals surface area contributed by atoms with Crippen molar-refractivity contribution in [1.82, 2.24) is 4.98 Å². The van der Waals surface area contributed by atoms with Crippen LogP contribution in [0.1, 0.15) is 24.8 Å². The SMILES string of the molecule is Cc1ccnc(N2N=C3CCCC3C2=O)c1. The van der Waals surface area contributed by atoms with Gasteiger partial charge in [-0.05, 0) is 43.9 Å². The molecule has 1 aromatic heterocycles. The second-order valence-corrected chi connectivity index (χ2v) is 4.38. The monoisotopic (exact) mass is 215 g/mol. The smallest absolute Gasteiger partial charge is 0.257 e. The van der Waals surface area contributed by atoms with E-state index in [0.717, 1.165) is 30.5 Å².